The Kier molecular flexibility index (Phi) is 5.30. The molecule has 0 radical (unpaired) electrons. The molecule has 0 aliphatic carbocycles. The summed E-state index contributed by atoms with van der Waals surface area (Å²) in [6, 6.07) is 10.0. The zero-order valence-electron chi connectivity index (χ0n) is 13.0. The zero-order valence-corrected chi connectivity index (χ0v) is 13.8. The summed E-state index contributed by atoms with van der Waals surface area (Å²) in [5, 5.41) is 8.56. The van der Waals surface area contributed by atoms with Crippen molar-refractivity contribution in [3.8, 4) is 0 Å². The van der Waals surface area contributed by atoms with Crippen molar-refractivity contribution in [2.24, 2.45) is 0 Å². The van der Waals surface area contributed by atoms with Gasteiger partial charge in [-0.1, -0.05) is 42.1 Å². The van der Waals surface area contributed by atoms with Gasteiger partial charge in [0, 0.05) is 25.8 Å². The van der Waals surface area contributed by atoms with E-state index in [1.165, 1.54) is 11.8 Å². The summed E-state index contributed by atoms with van der Waals surface area (Å²) in [6.07, 6.45) is 1.49. The summed E-state index contributed by atoms with van der Waals surface area (Å²) < 4.78 is 11.1. The molecule has 3 rings (SSSR count). The van der Waals surface area contributed by atoms with Gasteiger partial charge in [0.25, 0.3) is 5.22 Å². The van der Waals surface area contributed by atoms with E-state index in [-0.39, 0.29) is 12.0 Å². The van der Waals surface area contributed by atoms with Crippen LogP contribution in [0.2, 0.25) is 0 Å². The molecular weight excluding hydrogens is 314 g/mol. The van der Waals surface area contributed by atoms with E-state index in [9.17, 15) is 4.79 Å². The molecule has 122 valence electrons. The van der Waals surface area contributed by atoms with Crippen LogP contribution in [0, 0.1) is 0 Å². The fraction of sp³-hybridized carbons (Fsp3) is 0.438. The molecule has 1 aromatic heterocycles. The maximum Gasteiger partial charge on any atom is 0.276 e. The van der Waals surface area contributed by atoms with E-state index in [1.807, 2.05) is 30.3 Å². The number of hydrogen-bond acceptors (Lipinski definition) is 6. The number of likely N-dealkylation sites (tertiary alicyclic amines) is 1. The predicted octanol–water partition coefficient (Wildman–Crippen LogP) is 2.67. The molecule has 6 nitrogen and oxygen atoms in total. The molecule has 0 unspecified atom stereocenters. The molecule has 1 atom stereocenters. The van der Waals surface area contributed by atoms with Crippen LogP contribution in [0.1, 0.15) is 30.4 Å². The minimum atomic E-state index is -0.0308. The lowest BCUT2D eigenvalue weighted by Gasteiger charge is -2.14. The van der Waals surface area contributed by atoms with Crippen LogP contribution in [-0.4, -0.2) is 40.4 Å². The van der Waals surface area contributed by atoms with E-state index in [1.54, 1.807) is 12.0 Å². The Hall–Kier alpha value is -1.86. The number of thioether (sulfide) groups is 1. The SMILES string of the molecule is CO[C@H](CSc1nnc(CN2CCCC2=O)o1)c1ccccc1. The molecule has 1 aromatic carbocycles. The van der Waals surface area contributed by atoms with Crippen molar-refractivity contribution in [3.05, 3.63) is 41.8 Å². The largest absolute Gasteiger partial charge is 0.414 e. The number of benzene rings is 1. The van der Waals surface area contributed by atoms with Crippen molar-refractivity contribution >= 4 is 17.7 Å². The van der Waals surface area contributed by atoms with Crippen LogP contribution in [0.4, 0.5) is 0 Å². The fourth-order valence-electron chi connectivity index (χ4n) is 2.51. The van der Waals surface area contributed by atoms with E-state index < -0.39 is 0 Å². The molecule has 1 aliphatic rings. The number of aromatic nitrogens is 2. The summed E-state index contributed by atoms with van der Waals surface area (Å²) in [6.45, 7) is 1.17. The average molecular weight is 333 g/mol. The lowest BCUT2D eigenvalue weighted by atomic mass is 10.1. The van der Waals surface area contributed by atoms with E-state index >= 15 is 0 Å². The van der Waals surface area contributed by atoms with E-state index in [0.717, 1.165) is 18.5 Å². The monoisotopic (exact) mass is 333 g/mol. The third-order valence-corrected chi connectivity index (χ3v) is 4.64. The summed E-state index contributed by atoms with van der Waals surface area (Å²) in [5.41, 5.74) is 1.12. The third-order valence-electron chi connectivity index (χ3n) is 3.76. The predicted molar refractivity (Wildman–Crippen MR) is 85.9 cm³/mol. The third kappa shape index (κ3) is 4.11. The van der Waals surface area contributed by atoms with Crippen LogP contribution in [0.3, 0.4) is 0 Å². The molecule has 1 fully saturated rings. The number of hydrogen-bond donors (Lipinski definition) is 0. The van der Waals surface area contributed by atoms with E-state index in [4.69, 9.17) is 9.15 Å². The highest BCUT2D eigenvalue weighted by atomic mass is 32.2. The van der Waals surface area contributed by atoms with Gasteiger partial charge in [0.05, 0.1) is 12.6 Å². The van der Waals surface area contributed by atoms with Crippen molar-refractivity contribution in [2.75, 3.05) is 19.4 Å². The van der Waals surface area contributed by atoms with Crippen LogP contribution in [-0.2, 0) is 16.1 Å². The highest BCUT2D eigenvalue weighted by Crippen LogP contribution is 2.26. The number of carbonyl (C=O) groups excluding carboxylic acids is 1. The molecule has 0 spiro atoms. The Labute approximate surface area is 139 Å². The number of nitrogens with zero attached hydrogens (tertiary/aromatic N) is 3. The summed E-state index contributed by atoms with van der Waals surface area (Å²) in [4.78, 5) is 13.4. The van der Waals surface area contributed by atoms with Gasteiger partial charge in [-0.2, -0.15) is 0 Å². The molecule has 23 heavy (non-hydrogen) atoms. The topological polar surface area (TPSA) is 68.5 Å². The van der Waals surface area contributed by atoms with Gasteiger partial charge in [-0.15, -0.1) is 10.2 Å². The normalized spacial score (nSPS) is 16.0. The summed E-state index contributed by atoms with van der Waals surface area (Å²) in [7, 11) is 1.69. The Bertz CT molecular complexity index is 647. The van der Waals surface area contributed by atoms with Gasteiger partial charge in [-0.05, 0) is 12.0 Å². The number of methoxy groups -OCH3 is 1. The first kappa shape index (κ1) is 16.0. The second-order valence-electron chi connectivity index (χ2n) is 5.33. The number of amides is 1. The van der Waals surface area contributed by atoms with Crippen LogP contribution >= 0.6 is 11.8 Å². The Morgan fingerprint density at radius 3 is 2.87 bits per heavy atom. The minimum absolute atomic E-state index is 0.0308. The van der Waals surface area contributed by atoms with E-state index in [2.05, 4.69) is 10.2 Å². The lowest BCUT2D eigenvalue weighted by Crippen LogP contribution is -2.23. The van der Waals surface area contributed by atoms with Gasteiger partial charge in [-0.3, -0.25) is 4.79 Å². The Balaban J connectivity index is 1.55. The average Bonchev–Trinajstić information content (AvgIpc) is 3.19. The maximum absolute atomic E-state index is 11.6. The van der Waals surface area contributed by atoms with Gasteiger partial charge in [0.15, 0.2) is 0 Å². The highest BCUT2D eigenvalue weighted by Gasteiger charge is 2.22. The number of rotatable bonds is 7. The molecule has 0 bridgehead atoms. The van der Waals surface area contributed by atoms with Gasteiger partial charge in [0.1, 0.15) is 0 Å². The molecule has 2 heterocycles. The summed E-state index contributed by atoms with van der Waals surface area (Å²) >= 11 is 1.46. The number of ether oxygens (including phenoxy) is 1. The summed E-state index contributed by atoms with van der Waals surface area (Å²) in [5.74, 6) is 1.32. The second kappa shape index (κ2) is 7.61. The first-order chi connectivity index (χ1) is 11.3. The highest BCUT2D eigenvalue weighted by molar-refractivity contribution is 7.99. The quantitative estimate of drug-likeness (QED) is 0.726. The van der Waals surface area contributed by atoms with Crippen molar-refractivity contribution in [2.45, 2.75) is 30.7 Å². The first-order valence-electron chi connectivity index (χ1n) is 7.57. The standard InChI is InChI=1S/C16H19N3O3S/c1-21-13(12-6-3-2-4-7-12)11-23-16-18-17-14(22-16)10-19-9-5-8-15(19)20/h2-4,6-7,13H,5,8-11H2,1H3/t13-/m1/s1. The minimum Gasteiger partial charge on any atom is -0.414 e. The molecular formula is C16H19N3O3S. The number of carbonyl (C=O) groups is 1. The first-order valence-corrected chi connectivity index (χ1v) is 8.55. The van der Waals surface area contributed by atoms with Gasteiger partial charge in [-0.25, -0.2) is 0 Å². The molecule has 0 N–H and O–H groups in total. The molecule has 2 aromatic rings. The van der Waals surface area contributed by atoms with Gasteiger partial charge >= 0.3 is 0 Å². The fourth-order valence-corrected chi connectivity index (χ4v) is 3.39. The molecule has 1 amide bonds. The van der Waals surface area contributed by atoms with Crippen molar-refractivity contribution in [1.82, 2.24) is 15.1 Å². The van der Waals surface area contributed by atoms with E-state index in [0.29, 0.717) is 29.8 Å². The van der Waals surface area contributed by atoms with Crippen LogP contribution < -0.4 is 0 Å². The van der Waals surface area contributed by atoms with Gasteiger partial charge in [0.2, 0.25) is 11.8 Å². The molecule has 1 aliphatic heterocycles. The van der Waals surface area contributed by atoms with Crippen LogP contribution in [0.5, 0.6) is 0 Å². The Morgan fingerprint density at radius 2 is 2.17 bits per heavy atom. The Morgan fingerprint density at radius 1 is 1.35 bits per heavy atom. The van der Waals surface area contributed by atoms with Crippen molar-refractivity contribution in [3.63, 3.8) is 0 Å². The molecule has 0 saturated carbocycles. The maximum atomic E-state index is 11.6. The van der Waals surface area contributed by atoms with Crippen molar-refractivity contribution < 1.29 is 13.9 Å². The van der Waals surface area contributed by atoms with Crippen molar-refractivity contribution in [1.29, 1.82) is 0 Å². The molecule has 7 heteroatoms. The molecule has 1 saturated heterocycles. The van der Waals surface area contributed by atoms with Crippen LogP contribution in [0.25, 0.3) is 0 Å². The van der Waals surface area contributed by atoms with Gasteiger partial charge < -0.3 is 14.1 Å². The van der Waals surface area contributed by atoms with Crippen LogP contribution in [0.15, 0.2) is 40.0 Å². The lowest BCUT2D eigenvalue weighted by molar-refractivity contribution is -0.128. The zero-order chi connectivity index (χ0) is 16.1. The second-order valence-corrected chi connectivity index (χ2v) is 6.30. The smallest absolute Gasteiger partial charge is 0.276 e.